The van der Waals surface area contributed by atoms with E-state index >= 15 is 0 Å². The highest BCUT2D eigenvalue weighted by molar-refractivity contribution is 5.85. The molecule has 146 valence electrons. The van der Waals surface area contributed by atoms with Crippen LogP contribution in [0.25, 0.3) is 0 Å². The highest BCUT2D eigenvalue weighted by Crippen LogP contribution is 2.33. The van der Waals surface area contributed by atoms with Gasteiger partial charge >= 0.3 is 12.8 Å². The number of alkyl halides is 5. The van der Waals surface area contributed by atoms with E-state index in [0.717, 1.165) is 0 Å². The van der Waals surface area contributed by atoms with Crippen molar-refractivity contribution in [1.29, 1.82) is 0 Å². The second-order valence-corrected chi connectivity index (χ2v) is 5.41. The lowest BCUT2D eigenvalue weighted by Crippen LogP contribution is -2.45. The van der Waals surface area contributed by atoms with Crippen LogP contribution < -0.4 is 10.1 Å². The van der Waals surface area contributed by atoms with Gasteiger partial charge in [-0.25, -0.2) is 0 Å². The molecule has 0 aromatic heterocycles. The summed E-state index contributed by atoms with van der Waals surface area (Å²) in [4.78, 5) is 1.95. The molecule has 0 unspecified atom stereocenters. The molecule has 25 heavy (non-hydrogen) atoms. The van der Waals surface area contributed by atoms with Crippen LogP contribution in [0.1, 0.15) is 24.4 Å². The van der Waals surface area contributed by atoms with Crippen molar-refractivity contribution in [2.45, 2.75) is 31.7 Å². The molecule has 1 atom stereocenters. The molecule has 1 aliphatic heterocycles. The zero-order valence-corrected chi connectivity index (χ0v) is 14.9. The number of ether oxygens (including phenoxy) is 1. The predicted molar refractivity (Wildman–Crippen MR) is 90.0 cm³/mol. The summed E-state index contributed by atoms with van der Waals surface area (Å²) in [5.74, 6) is -0.0374. The van der Waals surface area contributed by atoms with E-state index in [1.54, 1.807) is 6.07 Å². The van der Waals surface area contributed by atoms with Crippen LogP contribution in [0.15, 0.2) is 24.3 Å². The number of nitrogens with zero attached hydrogens (tertiary/aromatic N) is 1. The third-order valence-corrected chi connectivity index (χ3v) is 3.76. The number of nitrogens with one attached hydrogen (secondary N) is 1. The average molecular weight is 411 g/mol. The molecule has 1 fully saturated rings. The molecule has 1 N–H and O–H groups in total. The van der Waals surface area contributed by atoms with Gasteiger partial charge in [0, 0.05) is 38.6 Å². The Morgan fingerprint density at radius 1 is 1.12 bits per heavy atom. The van der Waals surface area contributed by atoms with E-state index in [0.29, 0.717) is 31.7 Å². The molecule has 1 heterocycles. The average Bonchev–Trinajstić information content (AvgIpc) is 2.47. The molecule has 1 saturated heterocycles. The van der Waals surface area contributed by atoms with Gasteiger partial charge in [0.25, 0.3) is 0 Å². The molecule has 0 spiro atoms. The second kappa shape index (κ2) is 11.0. The third kappa shape index (κ3) is 8.40. The molecule has 2 rings (SSSR count). The normalized spacial score (nSPS) is 16.7. The number of hydrogen-bond acceptors (Lipinski definition) is 3. The van der Waals surface area contributed by atoms with Crippen LogP contribution in [0.2, 0.25) is 0 Å². The molecule has 0 aliphatic carbocycles. The van der Waals surface area contributed by atoms with E-state index in [1.165, 1.54) is 18.2 Å². The summed E-state index contributed by atoms with van der Waals surface area (Å²) in [5, 5.41) is 3.14. The van der Waals surface area contributed by atoms with Crippen LogP contribution in [-0.2, 0) is 0 Å². The zero-order valence-electron chi connectivity index (χ0n) is 13.3. The minimum absolute atomic E-state index is 0. The Bertz CT molecular complexity index is 499. The van der Waals surface area contributed by atoms with Crippen molar-refractivity contribution in [1.82, 2.24) is 10.2 Å². The Morgan fingerprint density at radius 2 is 1.76 bits per heavy atom. The van der Waals surface area contributed by atoms with E-state index in [4.69, 9.17) is 0 Å². The number of piperazine rings is 1. The van der Waals surface area contributed by atoms with Crippen molar-refractivity contribution in [3.63, 3.8) is 0 Å². The molecular formula is C15H21Cl2F5N2O. The topological polar surface area (TPSA) is 24.5 Å². The van der Waals surface area contributed by atoms with E-state index in [2.05, 4.69) is 10.1 Å². The van der Waals surface area contributed by atoms with E-state index < -0.39 is 25.3 Å². The van der Waals surface area contributed by atoms with Crippen molar-refractivity contribution < 1.29 is 26.7 Å². The predicted octanol–water partition coefficient (Wildman–Crippen LogP) is 4.42. The summed E-state index contributed by atoms with van der Waals surface area (Å²) in [7, 11) is 0. The number of rotatable bonds is 6. The molecule has 3 nitrogen and oxygen atoms in total. The minimum atomic E-state index is -4.25. The monoisotopic (exact) mass is 410 g/mol. The standard InChI is InChI=1S/C15H19F5N2O.2ClH/c16-14(17)23-12-3-1-2-11(10-12)13(4-5-15(18,19)20)22-8-6-21-7-9-22;;/h1-3,10,13-14,21H,4-9H2;2*1H/t13-;;/m0../s1. The lowest BCUT2D eigenvalue weighted by atomic mass is 9.99. The fourth-order valence-corrected chi connectivity index (χ4v) is 2.75. The first-order chi connectivity index (χ1) is 10.8. The van der Waals surface area contributed by atoms with Gasteiger partial charge in [-0.2, -0.15) is 22.0 Å². The Kier molecular flexibility index (Phi) is 10.6. The summed E-state index contributed by atoms with van der Waals surface area (Å²) in [6.45, 7) is -0.353. The Morgan fingerprint density at radius 3 is 2.32 bits per heavy atom. The maximum atomic E-state index is 12.6. The van der Waals surface area contributed by atoms with E-state index in [1.807, 2.05) is 4.90 Å². The van der Waals surface area contributed by atoms with Crippen LogP contribution in [-0.4, -0.2) is 43.9 Å². The maximum Gasteiger partial charge on any atom is 0.389 e. The first kappa shape index (κ1) is 24.2. The van der Waals surface area contributed by atoms with Crippen LogP contribution >= 0.6 is 24.8 Å². The number of benzene rings is 1. The Balaban J connectivity index is 0.00000288. The summed E-state index contributed by atoms with van der Waals surface area (Å²) in [5.41, 5.74) is 0.564. The molecule has 1 aromatic rings. The van der Waals surface area contributed by atoms with Gasteiger partial charge in [0.1, 0.15) is 5.75 Å². The second-order valence-electron chi connectivity index (χ2n) is 5.41. The van der Waals surface area contributed by atoms with Gasteiger partial charge < -0.3 is 10.1 Å². The third-order valence-electron chi connectivity index (χ3n) is 3.76. The van der Waals surface area contributed by atoms with Gasteiger partial charge in [0.05, 0.1) is 0 Å². The molecule has 1 aliphatic rings. The Labute approximate surface area is 155 Å². The lowest BCUT2D eigenvalue weighted by molar-refractivity contribution is -0.138. The van der Waals surface area contributed by atoms with Gasteiger partial charge in [0.2, 0.25) is 0 Å². The van der Waals surface area contributed by atoms with Crippen LogP contribution in [0, 0.1) is 0 Å². The highest BCUT2D eigenvalue weighted by Gasteiger charge is 2.31. The smallest absolute Gasteiger partial charge is 0.389 e. The summed E-state index contributed by atoms with van der Waals surface area (Å²) in [6.07, 6.45) is -5.27. The van der Waals surface area contributed by atoms with Crippen molar-refractivity contribution in [3.8, 4) is 5.75 Å². The van der Waals surface area contributed by atoms with Gasteiger partial charge in [-0.05, 0) is 24.1 Å². The van der Waals surface area contributed by atoms with Crippen molar-refractivity contribution in [3.05, 3.63) is 29.8 Å². The van der Waals surface area contributed by atoms with Crippen molar-refractivity contribution >= 4 is 24.8 Å². The van der Waals surface area contributed by atoms with Crippen LogP contribution in [0.4, 0.5) is 22.0 Å². The quantitative estimate of drug-likeness (QED) is 0.702. The van der Waals surface area contributed by atoms with Crippen molar-refractivity contribution in [2.24, 2.45) is 0 Å². The summed E-state index contributed by atoms with van der Waals surface area (Å²) >= 11 is 0. The van der Waals surface area contributed by atoms with Gasteiger partial charge in [0.15, 0.2) is 0 Å². The van der Waals surface area contributed by atoms with Gasteiger partial charge in [-0.1, -0.05) is 12.1 Å². The molecule has 1 aromatic carbocycles. The fourth-order valence-electron chi connectivity index (χ4n) is 2.75. The van der Waals surface area contributed by atoms with Crippen molar-refractivity contribution in [2.75, 3.05) is 26.2 Å². The zero-order chi connectivity index (χ0) is 16.9. The van der Waals surface area contributed by atoms with Crippen LogP contribution in [0.3, 0.4) is 0 Å². The largest absolute Gasteiger partial charge is 0.435 e. The first-order valence-electron chi connectivity index (χ1n) is 7.41. The van der Waals surface area contributed by atoms with Gasteiger partial charge in [-0.3, -0.25) is 4.90 Å². The lowest BCUT2D eigenvalue weighted by Gasteiger charge is -2.35. The fraction of sp³-hybridized carbons (Fsp3) is 0.600. The molecule has 0 radical (unpaired) electrons. The summed E-state index contributed by atoms with van der Waals surface area (Å²) in [6, 6.07) is 5.47. The summed E-state index contributed by atoms with van der Waals surface area (Å²) < 4.78 is 66.8. The SMILES string of the molecule is Cl.Cl.FC(F)Oc1cccc([C@H](CCC(F)(F)F)N2CCNCC2)c1. The first-order valence-corrected chi connectivity index (χ1v) is 7.41. The van der Waals surface area contributed by atoms with E-state index in [-0.39, 0.29) is 37.0 Å². The molecular weight excluding hydrogens is 390 g/mol. The number of hydrogen-bond donors (Lipinski definition) is 1. The van der Waals surface area contributed by atoms with E-state index in [9.17, 15) is 22.0 Å². The molecule has 10 heteroatoms. The maximum absolute atomic E-state index is 12.6. The Hall–Kier alpha value is -0.830. The molecule has 0 amide bonds. The van der Waals surface area contributed by atoms with Gasteiger partial charge in [-0.15, -0.1) is 24.8 Å². The minimum Gasteiger partial charge on any atom is -0.435 e. The highest BCUT2D eigenvalue weighted by atomic mass is 35.5. The number of halogens is 7. The molecule has 0 bridgehead atoms. The van der Waals surface area contributed by atoms with Crippen LogP contribution in [0.5, 0.6) is 5.75 Å². The molecule has 0 saturated carbocycles.